The van der Waals surface area contributed by atoms with Gasteiger partial charge >= 0.3 is 0 Å². The minimum absolute atomic E-state index is 0. The van der Waals surface area contributed by atoms with E-state index in [2.05, 4.69) is 18.7 Å². The third kappa shape index (κ3) is 6.13. The Morgan fingerprint density at radius 2 is 1.77 bits per heavy atom. The number of carbonyl (C=O) groups excluding carboxylic acids is 1. The SMILES string of the molecule is CCOc1cccc2sc(N(CCN(CC)CC)C(=O)c3ccc(SC)cc3)nc12.Cl. The predicted molar refractivity (Wildman–Crippen MR) is 136 cm³/mol. The molecular weight excluding hydrogens is 450 g/mol. The minimum Gasteiger partial charge on any atom is -0.492 e. The van der Waals surface area contributed by atoms with Gasteiger partial charge in [0.25, 0.3) is 5.91 Å². The van der Waals surface area contributed by atoms with Gasteiger partial charge < -0.3 is 9.64 Å². The highest BCUT2D eigenvalue weighted by atomic mass is 35.5. The molecule has 8 heteroatoms. The molecule has 0 fully saturated rings. The summed E-state index contributed by atoms with van der Waals surface area (Å²) in [4.78, 5) is 23.5. The predicted octanol–water partition coefficient (Wildman–Crippen LogP) is 5.83. The summed E-state index contributed by atoms with van der Waals surface area (Å²) in [5.41, 5.74) is 1.49. The number of likely N-dealkylation sites (N-methyl/N-ethyl adjacent to an activating group) is 1. The molecule has 0 saturated heterocycles. The Bertz CT molecular complexity index is 975. The van der Waals surface area contributed by atoms with Gasteiger partial charge in [0.15, 0.2) is 5.13 Å². The molecule has 0 bridgehead atoms. The molecule has 0 radical (unpaired) electrons. The lowest BCUT2D eigenvalue weighted by molar-refractivity contribution is 0.0983. The van der Waals surface area contributed by atoms with Crippen LogP contribution in [0.4, 0.5) is 5.13 Å². The molecule has 0 unspecified atom stereocenters. The topological polar surface area (TPSA) is 45.7 Å². The standard InChI is InChI=1S/C23H29N3O2S2.ClH/c1-5-25(6-2)15-16-26(22(27)17-11-13-18(29-4)14-12-17)23-24-21-19(28-7-3)9-8-10-20(21)30-23;/h8-14H,5-7,15-16H2,1-4H3;1H. The largest absolute Gasteiger partial charge is 0.492 e. The van der Waals surface area contributed by atoms with E-state index in [0.717, 1.165) is 40.5 Å². The molecule has 0 aliphatic rings. The van der Waals surface area contributed by atoms with E-state index >= 15 is 0 Å². The van der Waals surface area contributed by atoms with Crippen LogP contribution in [-0.2, 0) is 0 Å². The van der Waals surface area contributed by atoms with Crippen LogP contribution in [0.25, 0.3) is 10.2 Å². The molecule has 0 N–H and O–H groups in total. The van der Waals surface area contributed by atoms with Crippen LogP contribution in [0.1, 0.15) is 31.1 Å². The van der Waals surface area contributed by atoms with Crippen LogP contribution in [0.5, 0.6) is 5.75 Å². The van der Waals surface area contributed by atoms with Crippen molar-refractivity contribution < 1.29 is 9.53 Å². The molecule has 1 amide bonds. The molecule has 3 rings (SSSR count). The Morgan fingerprint density at radius 3 is 2.39 bits per heavy atom. The smallest absolute Gasteiger partial charge is 0.260 e. The van der Waals surface area contributed by atoms with E-state index in [1.54, 1.807) is 11.8 Å². The monoisotopic (exact) mass is 479 g/mol. The summed E-state index contributed by atoms with van der Waals surface area (Å²) < 4.78 is 6.77. The van der Waals surface area contributed by atoms with Crippen molar-refractivity contribution in [2.24, 2.45) is 0 Å². The van der Waals surface area contributed by atoms with Gasteiger partial charge in [-0.05, 0) is 62.7 Å². The quantitative estimate of drug-likeness (QED) is 0.342. The van der Waals surface area contributed by atoms with Crippen LogP contribution in [-0.4, -0.2) is 54.8 Å². The van der Waals surface area contributed by atoms with E-state index < -0.39 is 0 Å². The first-order valence-corrected chi connectivity index (χ1v) is 12.4. The zero-order valence-corrected chi connectivity index (χ0v) is 20.9. The number of aromatic nitrogens is 1. The molecule has 0 aliphatic carbocycles. The molecule has 168 valence electrons. The first-order chi connectivity index (χ1) is 14.6. The van der Waals surface area contributed by atoms with Crippen molar-refractivity contribution in [2.75, 3.05) is 43.9 Å². The van der Waals surface area contributed by atoms with E-state index in [0.29, 0.717) is 23.8 Å². The van der Waals surface area contributed by atoms with Gasteiger partial charge in [0.1, 0.15) is 11.3 Å². The number of thiazole rings is 1. The summed E-state index contributed by atoms with van der Waals surface area (Å²) in [5, 5.41) is 0.711. The number of para-hydroxylation sites is 1. The molecule has 1 aromatic heterocycles. The summed E-state index contributed by atoms with van der Waals surface area (Å²) in [5.74, 6) is 0.741. The van der Waals surface area contributed by atoms with Gasteiger partial charge in [0, 0.05) is 23.5 Å². The molecule has 0 spiro atoms. The van der Waals surface area contributed by atoms with Crippen molar-refractivity contribution in [3.05, 3.63) is 48.0 Å². The van der Waals surface area contributed by atoms with Gasteiger partial charge in [-0.1, -0.05) is 31.3 Å². The number of nitrogens with zero attached hydrogens (tertiary/aromatic N) is 3. The van der Waals surface area contributed by atoms with Crippen molar-refractivity contribution in [3.8, 4) is 5.75 Å². The average Bonchev–Trinajstić information content (AvgIpc) is 3.21. The second-order valence-electron chi connectivity index (χ2n) is 6.74. The van der Waals surface area contributed by atoms with Crippen LogP contribution < -0.4 is 9.64 Å². The van der Waals surface area contributed by atoms with Crippen molar-refractivity contribution in [3.63, 3.8) is 0 Å². The highest BCUT2D eigenvalue weighted by molar-refractivity contribution is 7.98. The fourth-order valence-corrected chi connectivity index (χ4v) is 4.67. The number of ether oxygens (including phenoxy) is 1. The van der Waals surface area contributed by atoms with Crippen molar-refractivity contribution in [1.29, 1.82) is 0 Å². The Morgan fingerprint density at radius 1 is 1.06 bits per heavy atom. The molecule has 5 nitrogen and oxygen atoms in total. The lowest BCUT2D eigenvalue weighted by Gasteiger charge is -2.24. The van der Waals surface area contributed by atoms with E-state index in [9.17, 15) is 4.79 Å². The molecule has 0 saturated carbocycles. The molecule has 3 aromatic rings. The van der Waals surface area contributed by atoms with E-state index in [4.69, 9.17) is 9.72 Å². The van der Waals surface area contributed by atoms with Crippen LogP contribution >= 0.6 is 35.5 Å². The second-order valence-corrected chi connectivity index (χ2v) is 8.63. The first-order valence-electron chi connectivity index (χ1n) is 10.3. The van der Waals surface area contributed by atoms with E-state index in [-0.39, 0.29) is 18.3 Å². The molecule has 0 aliphatic heterocycles. The third-order valence-electron chi connectivity index (χ3n) is 5.02. The molecule has 31 heavy (non-hydrogen) atoms. The maximum atomic E-state index is 13.5. The summed E-state index contributed by atoms with van der Waals surface area (Å²) in [6.45, 7) is 10.1. The number of hydrogen-bond donors (Lipinski definition) is 0. The van der Waals surface area contributed by atoms with Gasteiger partial charge in [-0.25, -0.2) is 4.98 Å². The number of hydrogen-bond acceptors (Lipinski definition) is 6. The van der Waals surface area contributed by atoms with Gasteiger partial charge in [0.2, 0.25) is 0 Å². The maximum Gasteiger partial charge on any atom is 0.260 e. The second kappa shape index (κ2) is 12.3. The molecular formula is C23H30ClN3O2S2. The zero-order valence-electron chi connectivity index (χ0n) is 18.5. The molecule has 1 heterocycles. The van der Waals surface area contributed by atoms with Crippen LogP contribution in [0.3, 0.4) is 0 Å². The Kier molecular flexibility index (Phi) is 10.1. The van der Waals surface area contributed by atoms with Gasteiger partial charge in [-0.3, -0.25) is 9.69 Å². The molecule has 2 aromatic carbocycles. The van der Waals surface area contributed by atoms with Gasteiger partial charge in [-0.2, -0.15) is 0 Å². The lowest BCUT2D eigenvalue weighted by atomic mass is 10.2. The van der Waals surface area contributed by atoms with Crippen molar-refractivity contribution in [2.45, 2.75) is 25.7 Å². The van der Waals surface area contributed by atoms with E-state index in [1.165, 1.54) is 11.3 Å². The Hall–Kier alpha value is -1.80. The van der Waals surface area contributed by atoms with Gasteiger partial charge in [0.05, 0.1) is 11.3 Å². The number of fused-ring (bicyclic) bond motifs is 1. The van der Waals surface area contributed by atoms with Crippen molar-refractivity contribution >= 4 is 56.8 Å². The lowest BCUT2D eigenvalue weighted by Crippen LogP contribution is -2.38. The van der Waals surface area contributed by atoms with Crippen LogP contribution in [0.15, 0.2) is 47.4 Å². The average molecular weight is 480 g/mol. The summed E-state index contributed by atoms with van der Waals surface area (Å²) >= 11 is 3.20. The Balaban J connectivity index is 0.00000341. The summed E-state index contributed by atoms with van der Waals surface area (Å²) in [6.07, 6.45) is 2.03. The highest BCUT2D eigenvalue weighted by Gasteiger charge is 2.23. The van der Waals surface area contributed by atoms with Crippen molar-refractivity contribution in [1.82, 2.24) is 9.88 Å². The minimum atomic E-state index is -0.0215. The normalized spacial score (nSPS) is 10.9. The fourth-order valence-electron chi connectivity index (χ4n) is 3.25. The van der Waals surface area contributed by atoms with Crippen LogP contribution in [0, 0.1) is 0 Å². The highest BCUT2D eigenvalue weighted by Crippen LogP contribution is 2.34. The number of amides is 1. The van der Waals surface area contributed by atoms with Crippen LogP contribution in [0.2, 0.25) is 0 Å². The van der Waals surface area contributed by atoms with Gasteiger partial charge in [-0.15, -0.1) is 24.2 Å². The Labute approximate surface area is 199 Å². The third-order valence-corrected chi connectivity index (χ3v) is 6.80. The first kappa shape index (κ1) is 25.5. The maximum absolute atomic E-state index is 13.5. The van der Waals surface area contributed by atoms with E-state index in [1.807, 2.05) is 60.5 Å². The number of thioether (sulfide) groups is 1. The number of anilines is 1. The summed E-state index contributed by atoms with van der Waals surface area (Å²) in [7, 11) is 0. The molecule has 0 atom stereocenters. The fraction of sp³-hybridized carbons (Fsp3) is 0.391. The number of rotatable bonds is 10. The number of carbonyl (C=O) groups is 1. The zero-order chi connectivity index (χ0) is 21.5. The summed E-state index contributed by atoms with van der Waals surface area (Å²) in [6, 6.07) is 13.7. The number of benzene rings is 2. The number of halogens is 1.